The van der Waals surface area contributed by atoms with Crippen molar-refractivity contribution in [2.24, 2.45) is 0 Å². The Morgan fingerprint density at radius 3 is 2.21 bits per heavy atom. The first-order chi connectivity index (χ1) is 6.56. The predicted octanol–water partition coefficient (Wildman–Crippen LogP) is 4.16. The highest BCUT2D eigenvalue weighted by Crippen LogP contribution is 2.18. The summed E-state index contributed by atoms with van der Waals surface area (Å²) < 4.78 is 1.03. The molecule has 0 saturated carbocycles. The average molecular weight is 257 g/mol. The van der Waals surface area contributed by atoms with E-state index < -0.39 is 0 Å². The van der Waals surface area contributed by atoms with E-state index in [2.05, 4.69) is 15.9 Å². The Morgan fingerprint density at radius 2 is 1.86 bits per heavy atom. The van der Waals surface area contributed by atoms with Gasteiger partial charge in [-0.1, -0.05) is 35.0 Å². The van der Waals surface area contributed by atoms with Crippen LogP contribution in [0.5, 0.6) is 0 Å². The van der Waals surface area contributed by atoms with Crippen LogP contribution in [0.3, 0.4) is 0 Å². The first kappa shape index (κ1) is 13.4. The number of halogens is 1. The maximum Gasteiger partial charge on any atom is 0.162 e. The van der Waals surface area contributed by atoms with E-state index in [-0.39, 0.29) is 5.78 Å². The Bertz CT molecular complexity index is 295. The maximum atomic E-state index is 11.4. The Hall–Kier alpha value is -0.630. The first-order valence-corrected chi connectivity index (χ1v) is 5.56. The Morgan fingerprint density at radius 1 is 1.29 bits per heavy atom. The summed E-state index contributed by atoms with van der Waals surface area (Å²) in [7, 11) is 0. The fourth-order valence-electron chi connectivity index (χ4n) is 1.06. The van der Waals surface area contributed by atoms with Crippen molar-refractivity contribution in [1.82, 2.24) is 0 Å². The third-order valence-electron chi connectivity index (χ3n) is 1.96. The molecule has 0 atom stereocenters. The summed E-state index contributed by atoms with van der Waals surface area (Å²) in [5.74, 6) is 0.184. The van der Waals surface area contributed by atoms with Gasteiger partial charge in [0.05, 0.1) is 0 Å². The van der Waals surface area contributed by atoms with E-state index in [0.717, 1.165) is 15.6 Å². The second-order valence-corrected chi connectivity index (χ2v) is 3.84. The largest absolute Gasteiger partial charge is 0.294 e. The molecular formula is C12H17BrO. The van der Waals surface area contributed by atoms with E-state index in [4.69, 9.17) is 0 Å². The molecule has 0 aromatic heterocycles. The number of allylic oxidation sites excluding steroid dienone is 6. The van der Waals surface area contributed by atoms with E-state index in [1.807, 2.05) is 45.9 Å². The Kier molecular flexibility index (Phi) is 6.46. The molecule has 1 nitrogen and oxygen atoms in total. The molecule has 14 heavy (non-hydrogen) atoms. The minimum absolute atomic E-state index is 0.184. The lowest BCUT2D eigenvalue weighted by Crippen LogP contribution is -1.98. The summed E-state index contributed by atoms with van der Waals surface area (Å²) in [6.45, 7) is 7.70. The van der Waals surface area contributed by atoms with Crippen molar-refractivity contribution in [3.05, 3.63) is 33.9 Å². The highest BCUT2D eigenvalue weighted by molar-refractivity contribution is 9.12. The van der Waals surface area contributed by atoms with E-state index in [1.165, 1.54) is 0 Å². The highest BCUT2D eigenvalue weighted by Gasteiger charge is 2.03. The van der Waals surface area contributed by atoms with Gasteiger partial charge in [-0.25, -0.2) is 0 Å². The number of hydrogen-bond donors (Lipinski definition) is 0. The molecule has 0 radical (unpaired) electrons. The molecule has 0 aliphatic heterocycles. The minimum atomic E-state index is 0.184. The van der Waals surface area contributed by atoms with Crippen molar-refractivity contribution < 1.29 is 4.79 Å². The lowest BCUT2D eigenvalue weighted by molar-refractivity contribution is -0.115. The van der Waals surface area contributed by atoms with Crippen LogP contribution in [-0.2, 0) is 4.79 Å². The lowest BCUT2D eigenvalue weighted by Gasteiger charge is -2.01. The molecule has 0 aromatic carbocycles. The van der Waals surface area contributed by atoms with Gasteiger partial charge in [0.25, 0.3) is 0 Å². The molecule has 0 heterocycles. The second-order valence-electron chi connectivity index (χ2n) is 2.98. The summed E-state index contributed by atoms with van der Waals surface area (Å²) in [5.41, 5.74) is 1.85. The minimum Gasteiger partial charge on any atom is -0.294 e. The standard InChI is InChI=1S/C12H17BrO/c1-5-10(12(14)7-3)8-9(4)11(13)6-2/h5-6,8H,7H2,1-4H3/b9-8-,10-5+,11-6+. The van der Waals surface area contributed by atoms with Crippen LogP contribution in [0.15, 0.2) is 33.9 Å². The molecule has 0 aromatic rings. The average Bonchev–Trinajstić information content (AvgIpc) is 2.22. The molecule has 2 heteroatoms. The Balaban J connectivity index is 4.87. The van der Waals surface area contributed by atoms with Gasteiger partial charge in [-0.3, -0.25) is 4.79 Å². The van der Waals surface area contributed by atoms with Gasteiger partial charge in [0.2, 0.25) is 0 Å². The highest BCUT2D eigenvalue weighted by atomic mass is 79.9. The zero-order chi connectivity index (χ0) is 11.1. The summed E-state index contributed by atoms with van der Waals surface area (Å²) in [6, 6.07) is 0. The van der Waals surface area contributed by atoms with Crippen LogP contribution in [0.4, 0.5) is 0 Å². The summed E-state index contributed by atoms with van der Waals surface area (Å²) in [6.07, 6.45) is 6.29. The quantitative estimate of drug-likeness (QED) is 0.546. The van der Waals surface area contributed by atoms with Crippen LogP contribution in [0.1, 0.15) is 34.1 Å². The van der Waals surface area contributed by atoms with E-state index in [9.17, 15) is 4.79 Å². The fraction of sp³-hybridized carbons (Fsp3) is 0.417. The molecule has 0 amide bonds. The summed E-state index contributed by atoms with van der Waals surface area (Å²) in [4.78, 5) is 11.4. The van der Waals surface area contributed by atoms with Crippen molar-refractivity contribution >= 4 is 21.7 Å². The van der Waals surface area contributed by atoms with Crippen LogP contribution >= 0.6 is 15.9 Å². The molecule has 0 spiro atoms. The van der Waals surface area contributed by atoms with E-state index in [1.54, 1.807) is 0 Å². The summed E-state index contributed by atoms with van der Waals surface area (Å²) >= 11 is 3.43. The van der Waals surface area contributed by atoms with Crippen molar-refractivity contribution in [1.29, 1.82) is 0 Å². The van der Waals surface area contributed by atoms with Gasteiger partial charge >= 0.3 is 0 Å². The molecular weight excluding hydrogens is 240 g/mol. The van der Waals surface area contributed by atoms with Gasteiger partial charge in [-0.15, -0.1) is 0 Å². The smallest absolute Gasteiger partial charge is 0.162 e. The van der Waals surface area contributed by atoms with Gasteiger partial charge in [-0.2, -0.15) is 0 Å². The molecule has 0 bridgehead atoms. The number of carbonyl (C=O) groups excluding carboxylic acids is 1. The van der Waals surface area contributed by atoms with E-state index >= 15 is 0 Å². The zero-order valence-corrected chi connectivity index (χ0v) is 10.8. The number of hydrogen-bond acceptors (Lipinski definition) is 1. The molecule has 0 rings (SSSR count). The topological polar surface area (TPSA) is 17.1 Å². The molecule has 0 aliphatic rings. The van der Waals surface area contributed by atoms with Crippen LogP contribution in [0, 0.1) is 0 Å². The third kappa shape index (κ3) is 4.05. The first-order valence-electron chi connectivity index (χ1n) is 4.76. The maximum absolute atomic E-state index is 11.4. The van der Waals surface area contributed by atoms with Crippen LogP contribution in [0.2, 0.25) is 0 Å². The van der Waals surface area contributed by atoms with Crippen molar-refractivity contribution in [2.45, 2.75) is 34.1 Å². The molecule has 0 unspecified atom stereocenters. The molecule has 78 valence electrons. The van der Waals surface area contributed by atoms with Crippen LogP contribution < -0.4 is 0 Å². The van der Waals surface area contributed by atoms with Gasteiger partial charge in [0, 0.05) is 16.5 Å². The normalized spacial score (nSPS) is 14.5. The molecule has 0 saturated heterocycles. The lowest BCUT2D eigenvalue weighted by atomic mass is 10.1. The fourth-order valence-corrected chi connectivity index (χ4v) is 1.17. The van der Waals surface area contributed by atoms with Gasteiger partial charge in [0.1, 0.15) is 0 Å². The molecule has 0 aliphatic carbocycles. The van der Waals surface area contributed by atoms with E-state index in [0.29, 0.717) is 6.42 Å². The molecule has 0 fully saturated rings. The third-order valence-corrected chi connectivity index (χ3v) is 3.04. The van der Waals surface area contributed by atoms with Gasteiger partial charge in [0.15, 0.2) is 5.78 Å². The number of carbonyl (C=O) groups is 1. The van der Waals surface area contributed by atoms with Crippen molar-refractivity contribution in [3.8, 4) is 0 Å². The monoisotopic (exact) mass is 256 g/mol. The SMILES string of the molecule is C\C=C(/C=C(C)\C(Br)=C/C)C(=O)CC. The van der Waals surface area contributed by atoms with Crippen LogP contribution in [-0.4, -0.2) is 5.78 Å². The van der Waals surface area contributed by atoms with Gasteiger partial charge in [-0.05, 0) is 32.4 Å². The number of ketones is 1. The Labute approximate surface area is 94.7 Å². The second kappa shape index (κ2) is 6.77. The summed E-state index contributed by atoms with van der Waals surface area (Å²) in [5, 5.41) is 0. The number of rotatable bonds is 4. The number of Topliss-reactive ketones (excluding diaryl/α,β-unsaturated/α-hetero) is 1. The van der Waals surface area contributed by atoms with Crippen molar-refractivity contribution in [3.63, 3.8) is 0 Å². The zero-order valence-electron chi connectivity index (χ0n) is 9.23. The molecule has 0 N–H and O–H groups in total. The predicted molar refractivity (Wildman–Crippen MR) is 65.5 cm³/mol. The van der Waals surface area contributed by atoms with Crippen LogP contribution in [0.25, 0.3) is 0 Å². The van der Waals surface area contributed by atoms with Crippen molar-refractivity contribution in [2.75, 3.05) is 0 Å². The van der Waals surface area contributed by atoms with Gasteiger partial charge < -0.3 is 0 Å².